The predicted octanol–water partition coefficient (Wildman–Crippen LogP) is 3.14. The van der Waals surface area contributed by atoms with Crippen LogP contribution in [0.1, 0.15) is 12.8 Å². The highest BCUT2D eigenvalue weighted by molar-refractivity contribution is 5.96. The van der Waals surface area contributed by atoms with Crippen LogP contribution in [0.25, 0.3) is 0 Å². The van der Waals surface area contributed by atoms with E-state index in [2.05, 4.69) is 10.1 Å². The molecule has 1 amide bonds. The van der Waals surface area contributed by atoms with Crippen molar-refractivity contribution in [2.24, 2.45) is 23.7 Å². The number of fused-ring (bicyclic) bond motifs is 2. The summed E-state index contributed by atoms with van der Waals surface area (Å²) in [6.07, 6.45) is 5.40. The minimum absolute atomic E-state index is 0.00827. The Morgan fingerprint density at radius 2 is 1.67 bits per heavy atom. The van der Waals surface area contributed by atoms with E-state index in [1.807, 2.05) is 12.2 Å². The van der Waals surface area contributed by atoms with Gasteiger partial charge in [-0.05, 0) is 48.9 Å². The largest absolute Gasteiger partial charge is 0.481 e. The topological polar surface area (TPSA) is 75.6 Å². The lowest BCUT2D eigenvalue weighted by Gasteiger charge is -2.41. The van der Waals surface area contributed by atoms with E-state index in [1.165, 1.54) is 24.3 Å². The number of anilines is 1. The average molecular weight is 337 g/mol. The lowest BCUT2D eigenvalue weighted by atomic mass is 9.62. The number of hydrogen-bond donors (Lipinski definition) is 2. The van der Waals surface area contributed by atoms with E-state index in [0.29, 0.717) is 5.69 Å². The van der Waals surface area contributed by atoms with Gasteiger partial charge in [0.25, 0.3) is 0 Å². The smallest absolute Gasteiger partial charge is 0.387 e. The molecule has 1 aromatic rings. The molecule has 0 radical (unpaired) electrons. The third kappa shape index (κ3) is 3.25. The first-order chi connectivity index (χ1) is 11.5. The van der Waals surface area contributed by atoms with Crippen LogP contribution >= 0.6 is 0 Å². The lowest BCUT2D eigenvalue weighted by molar-refractivity contribution is -0.151. The van der Waals surface area contributed by atoms with Crippen LogP contribution in [-0.4, -0.2) is 23.6 Å². The third-order valence-electron chi connectivity index (χ3n) is 4.68. The van der Waals surface area contributed by atoms with Crippen LogP contribution in [0.3, 0.4) is 0 Å². The molecule has 0 aliphatic heterocycles. The number of amides is 1. The van der Waals surface area contributed by atoms with Gasteiger partial charge in [-0.1, -0.05) is 12.2 Å². The first-order valence-corrected chi connectivity index (χ1v) is 7.72. The number of carbonyl (C=O) groups excluding carboxylic acids is 1. The van der Waals surface area contributed by atoms with Crippen molar-refractivity contribution in [3.63, 3.8) is 0 Å². The van der Waals surface area contributed by atoms with Crippen molar-refractivity contribution in [3.05, 3.63) is 36.4 Å². The minimum Gasteiger partial charge on any atom is -0.481 e. The number of nitrogens with one attached hydrogen (secondary N) is 1. The van der Waals surface area contributed by atoms with E-state index in [0.717, 1.165) is 12.8 Å². The summed E-state index contributed by atoms with van der Waals surface area (Å²) in [7, 11) is 0. The Balaban J connectivity index is 1.72. The van der Waals surface area contributed by atoms with Crippen molar-refractivity contribution in [2.45, 2.75) is 19.5 Å². The molecule has 0 heterocycles. The Morgan fingerprint density at radius 1 is 1.08 bits per heavy atom. The van der Waals surface area contributed by atoms with Crippen molar-refractivity contribution in [1.82, 2.24) is 0 Å². The van der Waals surface area contributed by atoms with Crippen molar-refractivity contribution in [1.29, 1.82) is 0 Å². The summed E-state index contributed by atoms with van der Waals surface area (Å²) in [5.41, 5.74) is 0.413. The van der Waals surface area contributed by atoms with Gasteiger partial charge in [-0.2, -0.15) is 8.78 Å². The number of halogens is 2. The molecular formula is C17H17F2NO4. The van der Waals surface area contributed by atoms with Crippen molar-refractivity contribution >= 4 is 17.6 Å². The molecule has 128 valence electrons. The maximum Gasteiger partial charge on any atom is 0.387 e. The standard InChI is InChI=1S/C17H17F2NO4/c18-17(19)24-12-7-5-11(6-8-12)20-15(21)13-9-1-3-10(4-2-9)14(13)16(22)23/h1,3,5-10,13-14,17H,2,4H2,(H,20,21)(H,22,23)/t9-,10+,13-,14-/m0/s1. The number of hydrogen-bond acceptors (Lipinski definition) is 3. The number of aliphatic carboxylic acids is 1. The minimum atomic E-state index is -2.91. The fourth-order valence-electron chi connectivity index (χ4n) is 3.63. The molecule has 1 aromatic carbocycles. The molecule has 3 aliphatic rings. The van der Waals surface area contributed by atoms with Gasteiger partial charge in [0.15, 0.2) is 0 Å². The van der Waals surface area contributed by atoms with Gasteiger partial charge < -0.3 is 15.2 Å². The van der Waals surface area contributed by atoms with Gasteiger partial charge in [-0.25, -0.2) is 0 Å². The maximum absolute atomic E-state index is 12.6. The lowest BCUT2D eigenvalue weighted by Crippen LogP contribution is -2.47. The van der Waals surface area contributed by atoms with Crippen LogP contribution in [0.15, 0.2) is 36.4 Å². The van der Waals surface area contributed by atoms with Crippen LogP contribution in [0.5, 0.6) is 5.75 Å². The van der Waals surface area contributed by atoms with Crippen molar-refractivity contribution in [2.75, 3.05) is 5.32 Å². The number of carbonyl (C=O) groups is 2. The van der Waals surface area contributed by atoms with Crippen LogP contribution in [0.4, 0.5) is 14.5 Å². The maximum atomic E-state index is 12.6. The monoisotopic (exact) mass is 337 g/mol. The molecule has 0 unspecified atom stereocenters. The molecule has 1 fully saturated rings. The number of rotatable bonds is 5. The molecule has 2 N–H and O–H groups in total. The SMILES string of the molecule is O=C(O)[C@@H]1[C@@H](C(=O)Nc2ccc(OC(F)F)cc2)[C@H]2C=C[C@@H]1CC2. The van der Waals surface area contributed by atoms with Gasteiger partial charge in [0.05, 0.1) is 11.8 Å². The molecule has 0 spiro atoms. The third-order valence-corrected chi connectivity index (χ3v) is 4.68. The van der Waals surface area contributed by atoms with Gasteiger partial charge in [0.1, 0.15) is 5.75 Å². The van der Waals surface area contributed by atoms with Crippen molar-refractivity contribution in [3.8, 4) is 5.75 Å². The highest BCUT2D eigenvalue weighted by Gasteiger charge is 2.48. The molecule has 24 heavy (non-hydrogen) atoms. The number of ether oxygens (including phenoxy) is 1. The summed E-state index contributed by atoms with van der Waals surface area (Å²) in [5.74, 6) is -2.88. The molecule has 5 nitrogen and oxygen atoms in total. The van der Waals surface area contributed by atoms with E-state index in [1.54, 1.807) is 0 Å². The van der Waals surface area contributed by atoms with E-state index in [-0.39, 0.29) is 23.5 Å². The van der Waals surface area contributed by atoms with Gasteiger partial charge >= 0.3 is 12.6 Å². The second kappa shape index (κ2) is 6.59. The predicted molar refractivity (Wildman–Crippen MR) is 81.7 cm³/mol. The second-order valence-corrected chi connectivity index (χ2v) is 6.07. The first-order valence-electron chi connectivity index (χ1n) is 7.72. The first kappa shape index (κ1) is 16.4. The summed E-state index contributed by atoms with van der Waals surface area (Å²) in [5, 5.41) is 12.1. The number of allylic oxidation sites excluding steroid dienone is 2. The molecule has 3 aliphatic carbocycles. The Bertz CT molecular complexity index is 659. The van der Waals surface area contributed by atoms with E-state index < -0.39 is 24.4 Å². The van der Waals surface area contributed by atoms with E-state index in [9.17, 15) is 23.5 Å². The zero-order chi connectivity index (χ0) is 17.3. The summed E-state index contributed by atoms with van der Waals surface area (Å²) in [4.78, 5) is 24.1. The molecular weight excluding hydrogens is 320 g/mol. The molecule has 7 heteroatoms. The zero-order valence-electron chi connectivity index (χ0n) is 12.7. The Morgan fingerprint density at radius 3 is 2.17 bits per heavy atom. The van der Waals surface area contributed by atoms with Crippen molar-refractivity contribution < 1.29 is 28.2 Å². The summed E-state index contributed by atoms with van der Waals surface area (Å²) in [6.45, 7) is -2.91. The van der Waals surface area contributed by atoms with Crippen LogP contribution in [0, 0.1) is 23.7 Å². The molecule has 1 saturated carbocycles. The summed E-state index contributed by atoms with van der Waals surface area (Å²) < 4.78 is 28.5. The molecule has 4 atom stereocenters. The van der Waals surface area contributed by atoms with E-state index in [4.69, 9.17) is 0 Å². The zero-order valence-corrected chi connectivity index (χ0v) is 12.7. The normalized spacial score (nSPS) is 28.0. The average Bonchev–Trinajstić information content (AvgIpc) is 2.56. The molecule has 4 rings (SSSR count). The summed E-state index contributed by atoms with van der Waals surface area (Å²) in [6, 6.07) is 5.54. The highest BCUT2D eigenvalue weighted by atomic mass is 19.3. The van der Waals surface area contributed by atoms with Gasteiger partial charge in [0, 0.05) is 5.69 Å². The van der Waals surface area contributed by atoms with Crippen LogP contribution in [0.2, 0.25) is 0 Å². The molecule has 0 aromatic heterocycles. The second-order valence-electron chi connectivity index (χ2n) is 6.07. The number of alkyl halides is 2. The fourth-order valence-corrected chi connectivity index (χ4v) is 3.63. The Hall–Kier alpha value is -2.44. The fraction of sp³-hybridized carbons (Fsp3) is 0.412. The van der Waals surface area contributed by atoms with Gasteiger partial charge in [0.2, 0.25) is 5.91 Å². The van der Waals surface area contributed by atoms with Crippen LogP contribution in [-0.2, 0) is 9.59 Å². The van der Waals surface area contributed by atoms with E-state index >= 15 is 0 Å². The molecule has 0 saturated heterocycles. The number of carboxylic acids is 1. The molecule has 2 bridgehead atoms. The Kier molecular flexibility index (Phi) is 4.51. The van der Waals surface area contributed by atoms with Gasteiger partial charge in [-0.15, -0.1) is 0 Å². The van der Waals surface area contributed by atoms with Crippen LogP contribution < -0.4 is 10.1 Å². The number of benzene rings is 1. The van der Waals surface area contributed by atoms with Gasteiger partial charge in [-0.3, -0.25) is 9.59 Å². The Labute approximate surface area is 137 Å². The highest BCUT2D eigenvalue weighted by Crippen LogP contribution is 2.45. The summed E-state index contributed by atoms with van der Waals surface area (Å²) >= 11 is 0. The quantitative estimate of drug-likeness (QED) is 0.810. The number of carboxylic acid groups (broad SMARTS) is 1.